The van der Waals surface area contributed by atoms with E-state index in [-0.39, 0.29) is 25.6 Å². The second kappa shape index (κ2) is 13.6. The van der Waals surface area contributed by atoms with E-state index in [0.29, 0.717) is 6.42 Å². The van der Waals surface area contributed by atoms with Gasteiger partial charge in [0.15, 0.2) is 4.99 Å². The number of benzene rings is 1. The van der Waals surface area contributed by atoms with Gasteiger partial charge in [-0.15, -0.1) is 0 Å². The summed E-state index contributed by atoms with van der Waals surface area (Å²) >= 11 is 0. The molecule has 0 aliphatic heterocycles. The monoisotopic (exact) mass is 448 g/mol. The van der Waals surface area contributed by atoms with Gasteiger partial charge in [0.25, 0.3) is 10.1 Å². The van der Waals surface area contributed by atoms with Crippen LogP contribution in [0.25, 0.3) is 0 Å². The Morgan fingerprint density at radius 3 is 2.00 bits per heavy atom. The van der Waals surface area contributed by atoms with E-state index in [1.165, 1.54) is 19.3 Å². The Morgan fingerprint density at radius 2 is 1.48 bits per heavy atom. The SMILES string of the molecule is CCCCCCCC(CCC(P(=O)(OCC)OCC)S(=O)(=O)O)c1ccccc1. The lowest BCUT2D eigenvalue weighted by atomic mass is 9.89. The largest absolute Gasteiger partial charge is 0.351 e. The second-order valence-corrected chi connectivity index (χ2v) is 11.4. The van der Waals surface area contributed by atoms with E-state index in [0.717, 1.165) is 24.8 Å². The molecule has 2 unspecified atom stereocenters. The molecule has 29 heavy (non-hydrogen) atoms. The predicted molar refractivity (Wildman–Crippen MR) is 118 cm³/mol. The standard InChI is InChI=1S/C21H37O6PS/c1-4-7-8-9-11-16-20(19-14-12-10-13-15-19)17-18-21(29(23,24)25)28(22,26-5-2)27-6-3/h10,12-15,20-21H,4-9,11,16-18H2,1-3H3,(H,23,24,25). The minimum absolute atomic E-state index is 0.0185. The molecule has 1 rings (SSSR count). The summed E-state index contributed by atoms with van der Waals surface area (Å²) in [5.74, 6) is 0.124. The number of rotatable bonds is 16. The molecular formula is C21H37O6PS. The van der Waals surface area contributed by atoms with Crippen molar-refractivity contribution in [3.8, 4) is 0 Å². The molecule has 0 aliphatic rings. The Bertz CT molecular complexity index is 697. The topological polar surface area (TPSA) is 89.9 Å². The van der Waals surface area contributed by atoms with Gasteiger partial charge in [0.2, 0.25) is 0 Å². The number of hydrogen-bond donors (Lipinski definition) is 1. The molecule has 0 aromatic heterocycles. The van der Waals surface area contributed by atoms with Crippen LogP contribution in [0.4, 0.5) is 0 Å². The summed E-state index contributed by atoms with van der Waals surface area (Å²) in [6.07, 6.45) is 7.18. The molecule has 0 heterocycles. The first-order valence-corrected chi connectivity index (χ1v) is 13.8. The van der Waals surface area contributed by atoms with E-state index < -0.39 is 22.7 Å². The van der Waals surface area contributed by atoms with Gasteiger partial charge in [-0.05, 0) is 44.6 Å². The zero-order valence-corrected chi connectivity index (χ0v) is 19.7. The van der Waals surface area contributed by atoms with Crippen LogP contribution in [0, 0.1) is 0 Å². The minimum atomic E-state index is -4.59. The zero-order chi connectivity index (χ0) is 21.8. The Labute approximate surface area is 176 Å². The van der Waals surface area contributed by atoms with Gasteiger partial charge in [0, 0.05) is 0 Å². The van der Waals surface area contributed by atoms with E-state index >= 15 is 0 Å². The molecule has 8 heteroatoms. The Kier molecular flexibility index (Phi) is 12.3. The molecule has 2 atom stereocenters. The fourth-order valence-corrected chi connectivity index (χ4v) is 7.27. The fraction of sp³-hybridized carbons (Fsp3) is 0.714. The molecule has 0 bridgehead atoms. The maximum atomic E-state index is 13.1. The zero-order valence-electron chi connectivity index (χ0n) is 18.0. The predicted octanol–water partition coefficient (Wildman–Crippen LogP) is 6.39. The van der Waals surface area contributed by atoms with Gasteiger partial charge in [-0.2, -0.15) is 8.42 Å². The summed E-state index contributed by atoms with van der Waals surface area (Å²) in [5, 5.41) is 0. The van der Waals surface area contributed by atoms with E-state index in [4.69, 9.17) is 9.05 Å². The van der Waals surface area contributed by atoms with Crippen LogP contribution in [0.1, 0.15) is 83.6 Å². The lowest BCUT2D eigenvalue weighted by Gasteiger charge is -2.26. The van der Waals surface area contributed by atoms with Gasteiger partial charge in [-0.3, -0.25) is 9.12 Å². The summed E-state index contributed by atoms with van der Waals surface area (Å²) in [6, 6.07) is 9.94. The van der Waals surface area contributed by atoms with Gasteiger partial charge in [0.1, 0.15) is 0 Å². The second-order valence-electron chi connectivity index (χ2n) is 7.23. The maximum absolute atomic E-state index is 13.1. The summed E-state index contributed by atoms with van der Waals surface area (Å²) in [6.45, 7) is 5.51. The molecule has 1 aromatic rings. The van der Waals surface area contributed by atoms with Crippen molar-refractivity contribution in [2.75, 3.05) is 13.2 Å². The molecule has 0 amide bonds. The van der Waals surface area contributed by atoms with Crippen molar-refractivity contribution in [2.45, 2.75) is 83.0 Å². The Hall–Kier alpha value is -0.720. The number of unbranched alkanes of at least 4 members (excludes halogenated alkanes) is 4. The lowest BCUT2D eigenvalue weighted by molar-refractivity contribution is 0.215. The molecule has 0 saturated heterocycles. The third kappa shape index (κ3) is 9.31. The summed E-state index contributed by atoms with van der Waals surface area (Å²) in [7, 11) is -8.57. The summed E-state index contributed by atoms with van der Waals surface area (Å²) in [4.78, 5) is -1.57. The highest BCUT2D eigenvalue weighted by atomic mass is 32.2. The molecule has 0 saturated carbocycles. The van der Waals surface area contributed by atoms with E-state index in [1.807, 2.05) is 30.3 Å². The summed E-state index contributed by atoms with van der Waals surface area (Å²) < 4.78 is 57.3. The van der Waals surface area contributed by atoms with Crippen LogP contribution >= 0.6 is 7.60 Å². The van der Waals surface area contributed by atoms with Crippen LogP contribution in [0.3, 0.4) is 0 Å². The fourth-order valence-electron chi connectivity index (χ4n) is 3.57. The van der Waals surface area contributed by atoms with Gasteiger partial charge >= 0.3 is 7.60 Å². The highest BCUT2D eigenvalue weighted by Crippen LogP contribution is 2.56. The normalized spacial score (nSPS) is 14.6. The van der Waals surface area contributed by atoms with Gasteiger partial charge in [0.05, 0.1) is 13.2 Å². The van der Waals surface area contributed by atoms with Gasteiger partial charge in [-0.25, -0.2) is 0 Å². The van der Waals surface area contributed by atoms with Crippen molar-refractivity contribution in [1.82, 2.24) is 0 Å². The molecule has 0 fully saturated rings. The molecule has 6 nitrogen and oxygen atoms in total. The molecule has 0 spiro atoms. The molecule has 0 aliphatic carbocycles. The highest BCUT2D eigenvalue weighted by molar-refractivity contribution is 7.94. The quantitative estimate of drug-likeness (QED) is 0.179. The Morgan fingerprint density at radius 1 is 0.897 bits per heavy atom. The Balaban J connectivity index is 2.95. The minimum Gasteiger partial charge on any atom is -0.308 e. The van der Waals surface area contributed by atoms with Crippen molar-refractivity contribution in [1.29, 1.82) is 0 Å². The van der Waals surface area contributed by atoms with Crippen LogP contribution in [-0.4, -0.2) is 31.2 Å². The lowest BCUT2D eigenvalue weighted by Crippen LogP contribution is -2.24. The van der Waals surface area contributed by atoms with Crippen LogP contribution in [0.15, 0.2) is 30.3 Å². The summed E-state index contributed by atoms with van der Waals surface area (Å²) in [5.41, 5.74) is 1.12. The van der Waals surface area contributed by atoms with Crippen molar-refractivity contribution in [3.63, 3.8) is 0 Å². The first kappa shape index (κ1) is 26.3. The van der Waals surface area contributed by atoms with Gasteiger partial charge in [-0.1, -0.05) is 69.4 Å². The van der Waals surface area contributed by atoms with Crippen molar-refractivity contribution < 1.29 is 26.6 Å². The molecular weight excluding hydrogens is 411 g/mol. The van der Waals surface area contributed by atoms with E-state index in [9.17, 15) is 17.5 Å². The highest BCUT2D eigenvalue weighted by Gasteiger charge is 2.44. The van der Waals surface area contributed by atoms with Crippen molar-refractivity contribution in [2.24, 2.45) is 0 Å². The van der Waals surface area contributed by atoms with Crippen LogP contribution in [0.2, 0.25) is 0 Å². The number of hydrogen-bond acceptors (Lipinski definition) is 5. The molecule has 1 N–H and O–H groups in total. The molecule has 1 aromatic carbocycles. The van der Waals surface area contributed by atoms with Crippen molar-refractivity contribution in [3.05, 3.63) is 35.9 Å². The maximum Gasteiger partial charge on any atom is 0.351 e. The smallest absolute Gasteiger partial charge is 0.308 e. The van der Waals surface area contributed by atoms with Crippen LogP contribution in [-0.2, 0) is 23.7 Å². The molecule has 0 radical (unpaired) electrons. The van der Waals surface area contributed by atoms with Gasteiger partial charge < -0.3 is 9.05 Å². The first-order valence-electron chi connectivity index (χ1n) is 10.7. The van der Waals surface area contributed by atoms with E-state index in [2.05, 4.69) is 6.92 Å². The van der Waals surface area contributed by atoms with Crippen molar-refractivity contribution >= 4 is 17.7 Å². The average molecular weight is 449 g/mol. The first-order chi connectivity index (χ1) is 13.8. The van der Waals surface area contributed by atoms with Crippen LogP contribution < -0.4 is 0 Å². The van der Waals surface area contributed by atoms with Crippen LogP contribution in [0.5, 0.6) is 0 Å². The molecule has 168 valence electrons. The third-order valence-electron chi connectivity index (χ3n) is 5.00. The average Bonchev–Trinajstić information content (AvgIpc) is 2.66. The van der Waals surface area contributed by atoms with E-state index in [1.54, 1.807) is 13.8 Å². The third-order valence-corrected chi connectivity index (χ3v) is 9.70.